The zero-order chi connectivity index (χ0) is 17.4. The maximum absolute atomic E-state index is 11.9. The molecule has 1 N–H and O–H groups in total. The number of benzene rings is 1. The van der Waals surface area contributed by atoms with Crippen LogP contribution < -0.4 is 10.1 Å². The number of halogens is 1. The number of ether oxygens (including phenoxy) is 2. The Balaban J connectivity index is 1.77. The van der Waals surface area contributed by atoms with Crippen molar-refractivity contribution in [2.45, 2.75) is 12.5 Å². The normalized spacial score (nSPS) is 17.1. The number of amides is 2. The van der Waals surface area contributed by atoms with E-state index < -0.39 is 12.0 Å². The van der Waals surface area contributed by atoms with E-state index in [1.54, 1.807) is 12.1 Å². The summed E-state index contributed by atoms with van der Waals surface area (Å²) >= 11 is 3.08. The highest BCUT2D eigenvalue weighted by Crippen LogP contribution is 2.12. The maximum atomic E-state index is 11.9. The van der Waals surface area contributed by atoms with Gasteiger partial charge in [-0.1, -0.05) is 34.1 Å². The molecule has 130 valence electrons. The molecule has 1 fully saturated rings. The van der Waals surface area contributed by atoms with Crippen molar-refractivity contribution >= 4 is 33.7 Å². The molecule has 0 aliphatic carbocycles. The Morgan fingerprint density at radius 2 is 2.00 bits per heavy atom. The first-order valence-corrected chi connectivity index (χ1v) is 8.70. The third-order valence-electron chi connectivity index (χ3n) is 3.48. The molecule has 1 aliphatic heterocycles. The van der Waals surface area contributed by atoms with Gasteiger partial charge in [0.1, 0.15) is 25.0 Å². The zero-order valence-corrected chi connectivity index (χ0v) is 14.7. The van der Waals surface area contributed by atoms with Gasteiger partial charge in [0, 0.05) is 13.1 Å². The molecule has 1 heterocycles. The summed E-state index contributed by atoms with van der Waals surface area (Å²) in [5, 5.41) is 2.76. The van der Waals surface area contributed by atoms with Crippen molar-refractivity contribution in [1.82, 2.24) is 10.2 Å². The molecule has 7 nitrogen and oxygen atoms in total. The molecule has 1 aliphatic rings. The average molecular weight is 399 g/mol. The van der Waals surface area contributed by atoms with E-state index in [0.29, 0.717) is 18.8 Å². The highest BCUT2D eigenvalue weighted by molar-refractivity contribution is 9.09. The number of rotatable bonds is 7. The van der Waals surface area contributed by atoms with Crippen molar-refractivity contribution < 1.29 is 23.9 Å². The lowest BCUT2D eigenvalue weighted by atomic mass is 10.1. The smallest absolute Gasteiger partial charge is 0.308 e. The lowest BCUT2D eigenvalue weighted by Gasteiger charge is -2.34. The summed E-state index contributed by atoms with van der Waals surface area (Å²) in [7, 11) is 0. The van der Waals surface area contributed by atoms with Crippen LogP contribution in [0.15, 0.2) is 30.3 Å². The number of nitrogens with one attached hydrogen (secondary N) is 1. The fourth-order valence-corrected chi connectivity index (χ4v) is 2.66. The number of carbonyl (C=O) groups is 3. The summed E-state index contributed by atoms with van der Waals surface area (Å²) in [5.41, 5.74) is 0. The number of carbonyl (C=O) groups excluding carboxylic acids is 3. The van der Waals surface area contributed by atoms with Crippen LogP contribution in [0.4, 0.5) is 0 Å². The summed E-state index contributed by atoms with van der Waals surface area (Å²) < 4.78 is 10.5. The number of nitrogens with zero attached hydrogens (tertiary/aromatic N) is 1. The molecule has 24 heavy (non-hydrogen) atoms. The van der Waals surface area contributed by atoms with Crippen LogP contribution in [0.5, 0.6) is 5.75 Å². The fourth-order valence-electron chi connectivity index (χ4n) is 2.34. The molecule has 2 amide bonds. The van der Waals surface area contributed by atoms with E-state index in [1.165, 1.54) is 4.90 Å². The van der Waals surface area contributed by atoms with Crippen molar-refractivity contribution in [2.24, 2.45) is 0 Å². The van der Waals surface area contributed by atoms with Gasteiger partial charge in [-0.2, -0.15) is 0 Å². The van der Waals surface area contributed by atoms with E-state index >= 15 is 0 Å². The highest BCUT2D eigenvalue weighted by Gasteiger charge is 2.34. The first-order valence-electron chi connectivity index (χ1n) is 7.58. The van der Waals surface area contributed by atoms with Crippen LogP contribution in [0.2, 0.25) is 0 Å². The number of piperazine rings is 1. The Morgan fingerprint density at radius 1 is 1.25 bits per heavy atom. The molecule has 0 saturated carbocycles. The van der Waals surface area contributed by atoms with Crippen LogP contribution in [-0.2, 0) is 19.1 Å². The second-order valence-electron chi connectivity index (χ2n) is 5.11. The first-order chi connectivity index (χ1) is 11.6. The molecule has 1 saturated heterocycles. The van der Waals surface area contributed by atoms with Crippen LogP contribution in [0.25, 0.3) is 0 Å². The van der Waals surface area contributed by atoms with Gasteiger partial charge in [-0.25, -0.2) is 0 Å². The highest BCUT2D eigenvalue weighted by atomic mass is 79.9. The van der Waals surface area contributed by atoms with Gasteiger partial charge in [0.25, 0.3) is 0 Å². The molecule has 1 aromatic rings. The lowest BCUT2D eigenvalue weighted by molar-refractivity contribution is -0.151. The molecule has 8 heteroatoms. The molecule has 1 aromatic carbocycles. The van der Waals surface area contributed by atoms with Crippen molar-refractivity contribution in [3.63, 3.8) is 0 Å². The maximum Gasteiger partial charge on any atom is 0.308 e. The van der Waals surface area contributed by atoms with Gasteiger partial charge in [-0.05, 0) is 12.1 Å². The molecule has 1 atom stereocenters. The van der Waals surface area contributed by atoms with E-state index in [1.807, 2.05) is 18.2 Å². The third kappa shape index (κ3) is 5.23. The molecular formula is C16H19BrN2O5. The van der Waals surface area contributed by atoms with Crippen molar-refractivity contribution in [3.05, 3.63) is 30.3 Å². The summed E-state index contributed by atoms with van der Waals surface area (Å²) in [6.07, 6.45) is -0.171. The van der Waals surface area contributed by atoms with Crippen LogP contribution in [0, 0.1) is 0 Å². The van der Waals surface area contributed by atoms with Crippen molar-refractivity contribution in [2.75, 3.05) is 31.6 Å². The molecule has 0 spiro atoms. The van der Waals surface area contributed by atoms with E-state index in [0.717, 1.165) is 0 Å². The number of alkyl halides is 1. The fraction of sp³-hybridized carbons (Fsp3) is 0.438. The summed E-state index contributed by atoms with van der Waals surface area (Å²) in [4.78, 5) is 37.1. The number of para-hydroxylation sites is 1. The van der Waals surface area contributed by atoms with E-state index in [9.17, 15) is 14.4 Å². The van der Waals surface area contributed by atoms with E-state index in [-0.39, 0.29) is 36.8 Å². The molecule has 0 radical (unpaired) electrons. The van der Waals surface area contributed by atoms with Gasteiger partial charge in [0.15, 0.2) is 0 Å². The second kappa shape index (κ2) is 9.27. The van der Waals surface area contributed by atoms with Crippen LogP contribution >= 0.6 is 15.9 Å². The number of hydrogen-bond acceptors (Lipinski definition) is 5. The Hall–Kier alpha value is -2.09. The first kappa shape index (κ1) is 18.3. The quantitative estimate of drug-likeness (QED) is 0.415. The lowest BCUT2D eigenvalue weighted by Crippen LogP contribution is -2.58. The van der Waals surface area contributed by atoms with Crippen LogP contribution in [0.1, 0.15) is 6.42 Å². The molecule has 2 rings (SSSR count). The SMILES string of the molecule is O=C(CC1C(=O)NCCN1C(=O)CBr)OCCOc1ccccc1. The van der Waals surface area contributed by atoms with Crippen molar-refractivity contribution in [1.29, 1.82) is 0 Å². The molecule has 1 unspecified atom stereocenters. The third-order valence-corrected chi connectivity index (χ3v) is 3.96. The molecule has 0 bridgehead atoms. The summed E-state index contributed by atoms with van der Waals surface area (Å²) in [5.74, 6) is -0.418. The minimum Gasteiger partial charge on any atom is -0.490 e. The number of hydrogen-bond donors (Lipinski definition) is 1. The van der Waals surface area contributed by atoms with E-state index in [4.69, 9.17) is 9.47 Å². The largest absolute Gasteiger partial charge is 0.490 e. The summed E-state index contributed by atoms with van der Waals surface area (Å²) in [6.45, 7) is 1.06. The second-order valence-corrected chi connectivity index (χ2v) is 5.67. The van der Waals surface area contributed by atoms with Gasteiger partial charge in [0.05, 0.1) is 11.8 Å². The number of esters is 1. The monoisotopic (exact) mass is 398 g/mol. The Labute approximate surface area is 148 Å². The zero-order valence-electron chi connectivity index (χ0n) is 13.1. The van der Waals surface area contributed by atoms with Crippen LogP contribution in [0.3, 0.4) is 0 Å². The topological polar surface area (TPSA) is 84.9 Å². The standard InChI is InChI=1S/C16H19BrN2O5/c17-11-14(20)19-7-6-18-16(22)13(19)10-15(21)24-9-8-23-12-4-2-1-3-5-12/h1-5,13H,6-11H2,(H,18,22). The van der Waals surface area contributed by atoms with E-state index in [2.05, 4.69) is 21.2 Å². The molecule has 0 aromatic heterocycles. The Morgan fingerprint density at radius 3 is 2.71 bits per heavy atom. The van der Waals surface area contributed by atoms with Gasteiger partial charge in [0.2, 0.25) is 11.8 Å². The Kier molecular flexibility index (Phi) is 7.05. The predicted octanol–water partition coefficient (Wildman–Crippen LogP) is 0.721. The Bertz CT molecular complexity index is 581. The summed E-state index contributed by atoms with van der Waals surface area (Å²) in [6, 6.07) is 8.35. The molecular weight excluding hydrogens is 380 g/mol. The van der Waals surface area contributed by atoms with Crippen molar-refractivity contribution in [3.8, 4) is 5.75 Å². The minimum atomic E-state index is -0.827. The predicted molar refractivity (Wildman–Crippen MR) is 89.8 cm³/mol. The van der Waals surface area contributed by atoms with Gasteiger partial charge in [-0.3, -0.25) is 14.4 Å². The van der Waals surface area contributed by atoms with Gasteiger partial charge in [-0.15, -0.1) is 0 Å². The van der Waals surface area contributed by atoms with Crippen LogP contribution in [-0.4, -0.2) is 60.4 Å². The van der Waals surface area contributed by atoms with Gasteiger partial charge >= 0.3 is 5.97 Å². The minimum absolute atomic E-state index is 0.0778. The average Bonchev–Trinajstić information content (AvgIpc) is 2.60. The van der Waals surface area contributed by atoms with Gasteiger partial charge < -0.3 is 19.7 Å².